The van der Waals surface area contributed by atoms with Gasteiger partial charge in [-0.1, -0.05) is 25.1 Å². The third-order valence-electron chi connectivity index (χ3n) is 4.06. The molecule has 3 rings (SSSR count). The minimum Gasteiger partial charge on any atom is -0.457 e. The minimum absolute atomic E-state index is 0.0231. The van der Waals surface area contributed by atoms with E-state index < -0.39 is 21.6 Å². The van der Waals surface area contributed by atoms with Crippen LogP contribution in [-0.4, -0.2) is 20.9 Å². The van der Waals surface area contributed by atoms with E-state index in [9.17, 15) is 18.0 Å². The van der Waals surface area contributed by atoms with Gasteiger partial charge in [0.1, 0.15) is 12.2 Å². The lowest BCUT2D eigenvalue weighted by atomic mass is 10.1. The Morgan fingerprint density at radius 2 is 1.93 bits per heavy atom. The van der Waals surface area contributed by atoms with Crippen LogP contribution in [0.3, 0.4) is 0 Å². The monoisotopic (exact) mass is 401 g/mol. The van der Waals surface area contributed by atoms with Crippen LogP contribution in [0.15, 0.2) is 62.6 Å². The summed E-state index contributed by atoms with van der Waals surface area (Å²) in [5, 5.41) is 0.668. The van der Waals surface area contributed by atoms with Crippen LogP contribution in [0, 0.1) is 6.92 Å². The van der Waals surface area contributed by atoms with E-state index in [1.54, 1.807) is 19.1 Å². The molecule has 0 bridgehead atoms. The normalized spacial score (nSPS) is 11.5. The van der Waals surface area contributed by atoms with Gasteiger partial charge in [-0.2, -0.15) is 0 Å². The molecular weight excluding hydrogens is 382 g/mol. The van der Waals surface area contributed by atoms with E-state index in [-0.39, 0.29) is 23.6 Å². The third-order valence-corrected chi connectivity index (χ3v) is 5.60. The Hall–Kier alpha value is -2.97. The molecule has 2 aromatic carbocycles. The summed E-state index contributed by atoms with van der Waals surface area (Å²) in [6, 6.07) is 12.2. The Morgan fingerprint density at radius 3 is 2.68 bits per heavy atom. The largest absolute Gasteiger partial charge is 0.457 e. The van der Waals surface area contributed by atoms with Gasteiger partial charge in [-0.15, -0.1) is 0 Å². The summed E-state index contributed by atoms with van der Waals surface area (Å²) in [5.74, 6) is -0.693. The van der Waals surface area contributed by atoms with Gasteiger partial charge in [0.15, 0.2) is 0 Å². The smallest absolute Gasteiger partial charge is 0.338 e. The highest BCUT2D eigenvalue weighted by Gasteiger charge is 2.16. The van der Waals surface area contributed by atoms with Gasteiger partial charge < -0.3 is 9.15 Å². The zero-order valence-corrected chi connectivity index (χ0v) is 16.2. The zero-order chi connectivity index (χ0) is 20.3. The lowest BCUT2D eigenvalue weighted by Gasteiger charge is -2.09. The van der Waals surface area contributed by atoms with Gasteiger partial charge in [0.05, 0.1) is 10.5 Å². The fourth-order valence-corrected chi connectivity index (χ4v) is 3.83. The predicted octanol–water partition coefficient (Wildman–Crippen LogP) is 2.76. The number of carbonyl (C=O) groups is 1. The molecule has 0 fully saturated rings. The van der Waals surface area contributed by atoms with Gasteiger partial charge in [-0.3, -0.25) is 0 Å². The zero-order valence-electron chi connectivity index (χ0n) is 15.4. The number of ether oxygens (including phenoxy) is 1. The second-order valence-electron chi connectivity index (χ2n) is 6.20. The van der Waals surface area contributed by atoms with Crippen molar-refractivity contribution in [3.8, 4) is 0 Å². The lowest BCUT2D eigenvalue weighted by molar-refractivity contribution is 0.0473. The number of nitrogens with one attached hydrogen (secondary N) is 1. The van der Waals surface area contributed by atoms with Crippen LogP contribution in [0.25, 0.3) is 11.0 Å². The Kier molecular flexibility index (Phi) is 5.62. The topological polar surface area (TPSA) is 103 Å². The summed E-state index contributed by atoms with van der Waals surface area (Å²) >= 11 is 0. The molecule has 8 heteroatoms. The van der Waals surface area contributed by atoms with Crippen LogP contribution < -0.4 is 10.3 Å². The summed E-state index contributed by atoms with van der Waals surface area (Å²) in [6.45, 7) is 3.63. The maximum absolute atomic E-state index is 12.4. The molecule has 1 N–H and O–H groups in total. The molecule has 0 saturated carbocycles. The highest BCUT2D eigenvalue weighted by atomic mass is 32.2. The van der Waals surface area contributed by atoms with E-state index in [1.165, 1.54) is 30.3 Å². The highest BCUT2D eigenvalue weighted by Crippen LogP contribution is 2.20. The van der Waals surface area contributed by atoms with Crippen LogP contribution in [0.1, 0.15) is 28.4 Å². The van der Waals surface area contributed by atoms with Gasteiger partial charge >= 0.3 is 11.6 Å². The molecule has 146 valence electrons. The number of hydrogen-bond acceptors (Lipinski definition) is 6. The standard InChI is InChI=1S/C20H19NO6S/c1-3-21-28(24,25)16-6-4-5-14(10-16)20(23)26-12-15-11-19(22)27-18-9-13(2)7-8-17(15)18/h4-11,21H,3,12H2,1-2H3. The summed E-state index contributed by atoms with van der Waals surface area (Å²) < 4.78 is 37.0. The van der Waals surface area contributed by atoms with E-state index in [1.807, 2.05) is 13.0 Å². The molecular formula is C20H19NO6S. The summed E-state index contributed by atoms with van der Waals surface area (Å²) in [7, 11) is -3.68. The molecule has 1 heterocycles. The number of carbonyl (C=O) groups excluding carboxylic acids is 1. The summed E-state index contributed by atoms with van der Waals surface area (Å²) in [6.07, 6.45) is 0. The van der Waals surface area contributed by atoms with E-state index in [0.717, 1.165) is 5.56 Å². The molecule has 1 aromatic heterocycles. The number of fused-ring (bicyclic) bond motifs is 1. The molecule has 0 radical (unpaired) electrons. The number of sulfonamides is 1. The van der Waals surface area contributed by atoms with Crippen molar-refractivity contribution in [3.05, 3.63) is 75.6 Å². The number of aryl methyl sites for hydroxylation is 1. The molecule has 3 aromatic rings. The molecule has 0 amide bonds. The maximum atomic E-state index is 12.4. The van der Waals surface area contributed by atoms with Crippen LogP contribution in [0.4, 0.5) is 0 Å². The molecule has 0 unspecified atom stereocenters. The van der Waals surface area contributed by atoms with Gasteiger partial charge in [-0.25, -0.2) is 22.7 Å². The Balaban J connectivity index is 1.84. The number of benzene rings is 2. The van der Waals surface area contributed by atoms with E-state index >= 15 is 0 Å². The fourth-order valence-electron chi connectivity index (χ4n) is 2.75. The molecule has 0 aliphatic carbocycles. The van der Waals surface area contributed by atoms with E-state index in [4.69, 9.17) is 9.15 Å². The van der Waals surface area contributed by atoms with Crippen molar-refractivity contribution in [1.82, 2.24) is 4.72 Å². The second kappa shape index (κ2) is 7.95. The molecule has 28 heavy (non-hydrogen) atoms. The van der Waals surface area contributed by atoms with Crippen LogP contribution in [-0.2, 0) is 21.4 Å². The Bertz CT molecular complexity index is 1200. The van der Waals surface area contributed by atoms with Crippen molar-refractivity contribution < 1.29 is 22.4 Å². The maximum Gasteiger partial charge on any atom is 0.338 e. The molecule has 0 spiro atoms. The number of esters is 1. The molecule has 0 atom stereocenters. The quantitative estimate of drug-likeness (QED) is 0.503. The summed E-state index contributed by atoms with van der Waals surface area (Å²) in [4.78, 5) is 24.1. The van der Waals surface area contributed by atoms with Gasteiger partial charge in [0, 0.05) is 23.6 Å². The Labute approximate surface area is 162 Å². The van der Waals surface area contributed by atoms with Crippen LogP contribution in [0.5, 0.6) is 0 Å². The van der Waals surface area contributed by atoms with Crippen molar-refractivity contribution in [2.45, 2.75) is 25.3 Å². The van der Waals surface area contributed by atoms with Crippen molar-refractivity contribution in [2.24, 2.45) is 0 Å². The lowest BCUT2D eigenvalue weighted by Crippen LogP contribution is -2.23. The van der Waals surface area contributed by atoms with Crippen molar-refractivity contribution in [3.63, 3.8) is 0 Å². The number of hydrogen-bond donors (Lipinski definition) is 1. The first-order valence-corrected chi connectivity index (χ1v) is 10.1. The van der Waals surface area contributed by atoms with Crippen molar-refractivity contribution in [1.29, 1.82) is 0 Å². The molecule has 0 aliphatic heterocycles. The average Bonchev–Trinajstić information content (AvgIpc) is 2.65. The average molecular weight is 401 g/mol. The predicted molar refractivity (Wildman–Crippen MR) is 104 cm³/mol. The van der Waals surface area contributed by atoms with Crippen molar-refractivity contribution in [2.75, 3.05) is 6.54 Å². The second-order valence-corrected chi connectivity index (χ2v) is 7.96. The molecule has 7 nitrogen and oxygen atoms in total. The first kappa shape index (κ1) is 19.8. The van der Waals surface area contributed by atoms with Crippen LogP contribution in [0.2, 0.25) is 0 Å². The van der Waals surface area contributed by atoms with Gasteiger partial charge in [-0.05, 0) is 36.8 Å². The SMILES string of the molecule is CCNS(=O)(=O)c1cccc(C(=O)OCc2cc(=O)oc3cc(C)ccc23)c1. The minimum atomic E-state index is -3.68. The fraction of sp³-hybridized carbons (Fsp3) is 0.200. The first-order valence-electron chi connectivity index (χ1n) is 8.60. The molecule has 0 saturated heterocycles. The van der Waals surface area contributed by atoms with Gasteiger partial charge in [0.25, 0.3) is 0 Å². The third kappa shape index (κ3) is 4.29. The van der Waals surface area contributed by atoms with Gasteiger partial charge in [0.2, 0.25) is 10.0 Å². The van der Waals surface area contributed by atoms with E-state index in [0.29, 0.717) is 16.5 Å². The highest BCUT2D eigenvalue weighted by molar-refractivity contribution is 7.89. The molecule has 0 aliphatic rings. The Morgan fingerprint density at radius 1 is 1.14 bits per heavy atom. The summed E-state index contributed by atoms with van der Waals surface area (Å²) in [5.41, 5.74) is 1.42. The van der Waals surface area contributed by atoms with Crippen LogP contribution >= 0.6 is 0 Å². The number of rotatable bonds is 6. The van der Waals surface area contributed by atoms with E-state index in [2.05, 4.69) is 4.72 Å². The van der Waals surface area contributed by atoms with Crippen molar-refractivity contribution >= 4 is 27.0 Å². The first-order chi connectivity index (χ1) is 13.3.